The van der Waals surface area contributed by atoms with E-state index < -0.39 is 18.7 Å². The van der Waals surface area contributed by atoms with E-state index in [1.54, 1.807) is 55.8 Å². The molecule has 5 rings (SSSR count). The minimum atomic E-state index is -4.55. The SMILES string of the molecule is COc1cc2nccc(Oc3ccc(NC(=O)c4nn(C5CCCC5)cc4OCC(F)(F)F)cc3)c2cc1OC. The molecule has 1 saturated carbocycles. The number of benzene rings is 2. The fourth-order valence-electron chi connectivity index (χ4n) is 4.61. The molecule has 1 fully saturated rings. The number of carbonyl (C=O) groups excluding carboxylic acids is 1. The Hall–Kier alpha value is -4.48. The van der Waals surface area contributed by atoms with Gasteiger partial charge in [0, 0.05) is 23.3 Å². The summed E-state index contributed by atoms with van der Waals surface area (Å²) in [5, 5.41) is 7.67. The maximum absolute atomic E-state index is 13.0. The van der Waals surface area contributed by atoms with Crippen LogP contribution in [-0.4, -0.2) is 47.7 Å². The third kappa shape index (κ3) is 6.05. The normalized spacial score (nSPS) is 13.8. The van der Waals surface area contributed by atoms with E-state index in [4.69, 9.17) is 18.9 Å². The molecule has 1 aliphatic rings. The summed E-state index contributed by atoms with van der Waals surface area (Å²) in [5.74, 6) is 1.20. The van der Waals surface area contributed by atoms with Crippen molar-refractivity contribution in [3.8, 4) is 28.7 Å². The molecule has 210 valence electrons. The summed E-state index contributed by atoms with van der Waals surface area (Å²) in [5.41, 5.74) is 0.851. The summed E-state index contributed by atoms with van der Waals surface area (Å²) in [7, 11) is 3.08. The molecule has 40 heavy (non-hydrogen) atoms. The van der Waals surface area contributed by atoms with Gasteiger partial charge >= 0.3 is 6.18 Å². The number of pyridine rings is 1. The molecule has 9 nitrogen and oxygen atoms in total. The standard InChI is InChI=1S/C28H27F3N4O5/c1-37-23-13-20-21(14-24(23)38-2)32-12-11-22(20)40-19-9-7-17(8-10-19)33-27(36)26-25(39-16-28(29,30)31)15-35(34-26)18-5-3-4-6-18/h7-15,18H,3-6,16H2,1-2H3,(H,33,36). The Bertz CT molecular complexity index is 1500. The van der Waals surface area contributed by atoms with Crippen molar-refractivity contribution in [2.45, 2.75) is 37.9 Å². The molecule has 0 bridgehead atoms. The minimum absolute atomic E-state index is 0.0246. The molecule has 1 aliphatic carbocycles. The molecule has 1 amide bonds. The predicted molar refractivity (Wildman–Crippen MR) is 141 cm³/mol. The fourth-order valence-corrected chi connectivity index (χ4v) is 4.61. The van der Waals surface area contributed by atoms with Crippen LogP contribution in [0.1, 0.15) is 42.2 Å². The van der Waals surface area contributed by atoms with Crippen LogP contribution in [0.25, 0.3) is 10.9 Å². The van der Waals surface area contributed by atoms with Gasteiger partial charge in [-0.3, -0.25) is 14.5 Å². The molecule has 0 atom stereocenters. The van der Waals surface area contributed by atoms with Crippen LogP contribution in [0.2, 0.25) is 0 Å². The molecular formula is C28H27F3N4O5. The Labute approximate surface area is 227 Å². The van der Waals surface area contributed by atoms with Crippen LogP contribution in [0.15, 0.2) is 54.9 Å². The third-order valence-electron chi connectivity index (χ3n) is 6.55. The number of hydrogen-bond acceptors (Lipinski definition) is 7. The second-order valence-electron chi connectivity index (χ2n) is 9.28. The van der Waals surface area contributed by atoms with E-state index in [0.717, 1.165) is 25.7 Å². The van der Waals surface area contributed by atoms with E-state index in [0.29, 0.717) is 39.6 Å². The number of ether oxygens (including phenoxy) is 4. The summed E-state index contributed by atoms with van der Waals surface area (Å²) in [4.78, 5) is 17.4. The molecule has 0 radical (unpaired) electrons. The molecule has 2 aromatic heterocycles. The monoisotopic (exact) mass is 556 g/mol. The van der Waals surface area contributed by atoms with Crippen molar-refractivity contribution >= 4 is 22.5 Å². The molecular weight excluding hydrogens is 529 g/mol. The van der Waals surface area contributed by atoms with Crippen molar-refractivity contribution in [3.05, 3.63) is 60.6 Å². The lowest BCUT2D eigenvalue weighted by Gasteiger charge is -2.13. The maximum atomic E-state index is 13.0. The predicted octanol–water partition coefficient (Wildman–Crippen LogP) is 6.55. The number of anilines is 1. The van der Waals surface area contributed by atoms with Crippen LogP contribution in [0.4, 0.5) is 18.9 Å². The highest BCUT2D eigenvalue weighted by atomic mass is 19.4. The van der Waals surface area contributed by atoms with Crippen LogP contribution in [0.3, 0.4) is 0 Å². The van der Waals surface area contributed by atoms with Crippen molar-refractivity contribution in [3.63, 3.8) is 0 Å². The molecule has 0 unspecified atom stereocenters. The minimum Gasteiger partial charge on any atom is -0.493 e. The number of nitrogens with zero attached hydrogens (tertiary/aromatic N) is 3. The molecule has 0 saturated heterocycles. The van der Waals surface area contributed by atoms with Crippen molar-refractivity contribution < 1.29 is 36.9 Å². The molecule has 2 aromatic carbocycles. The summed E-state index contributed by atoms with van der Waals surface area (Å²) < 4.78 is 61.7. The summed E-state index contributed by atoms with van der Waals surface area (Å²) in [6.45, 7) is -1.52. The topological polar surface area (TPSA) is 96.7 Å². The van der Waals surface area contributed by atoms with Crippen molar-refractivity contribution in [1.29, 1.82) is 0 Å². The van der Waals surface area contributed by atoms with Crippen LogP contribution >= 0.6 is 0 Å². The quantitative estimate of drug-likeness (QED) is 0.250. The van der Waals surface area contributed by atoms with Gasteiger partial charge in [0.1, 0.15) is 11.5 Å². The van der Waals surface area contributed by atoms with Gasteiger partial charge in [-0.15, -0.1) is 0 Å². The average Bonchev–Trinajstić information content (AvgIpc) is 3.62. The number of fused-ring (bicyclic) bond motifs is 1. The highest BCUT2D eigenvalue weighted by molar-refractivity contribution is 6.04. The van der Waals surface area contributed by atoms with E-state index in [9.17, 15) is 18.0 Å². The van der Waals surface area contributed by atoms with Crippen LogP contribution < -0.4 is 24.3 Å². The van der Waals surface area contributed by atoms with E-state index in [2.05, 4.69) is 15.4 Å². The average molecular weight is 557 g/mol. The molecule has 12 heteroatoms. The first-order valence-corrected chi connectivity index (χ1v) is 12.6. The van der Waals surface area contributed by atoms with Gasteiger partial charge in [-0.1, -0.05) is 12.8 Å². The Kier molecular flexibility index (Phi) is 7.67. The lowest BCUT2D eigenvalue weighted by atomic mass is 10.2. The highest BCUT2D eigenvalue weighted by Gasteiger charge is 2.31. The van der Waals surface area contributed by atoms with E-state index in [1.807, 2.05) is 0 Å². The molecule has 4 aromatic rings. The van der Waals surface area contributed by atoms with Gasteiger partial charge in [-0.05, 0) is 49.2 Å². The van der Waals surface area contributed by atoms with Gasteiger partial charge in [-0.2, -0.15) is 18.3 Å². The first-order valence-electron chi connectivity index (χ1n) is 12.6. The van der Waals surface area contributed by atoms with Gasteiger partial charge < -0.3 is 24.3 Å². The van der Waals surface area contributed by atoms with E-state index in [1.165, 1.54) is 18.0 Å². The number of hydrogen-bond donors (Lipinski definition) is 1. The van der Waals surface area contributed by atoms with Crippen molar-refractivity contribution in [2.24, 2.45) is 0 Å². The fraction of sp³-hybridized carbons (Fsp3) is 0.321. The highest BCUT2D eigenvalue weighted by Crippen LogP contribution is 2.37. The second kappa shape index (κ2) is 11.3. The molecule has 1 N–H and O–H groups in total. The van der Waals surface area contributed by atoms with Crippen molar-refractivity contribution in [1.82, 2.24) is 14.8 Å². The number of methoxy groups -OCH3 is 2. The van der Waals surface area contributed by atoms with E-state index in [-0.39, 0.29) is 17.5 Å². The molecule has 0 aliphatic heterocycles. The third-order valence-corrected chi connectivity index (χ3v) is 6.55. The number of halogens is 3. The summed E-state index contributed by atoms with van der Waals surface area (Å²) in [6.07, 6.45) is 2.12. The van der Waals surface area contributed by atoms with Crippen molar-refractivity contribution in [2.75, 3.05) is 26.1 Å². The van der Waals surface area contributed by atoms with Gasteiger partial charge in [0.2, 0.25) is 0 Å². The number of amides is 1. The Morgan fingerprint density at radius 1 is 1.00 bits per heavy atom. The smallest absolute Gasteiger partial charge is 0.422 e. The van der Waals surface area contributed by atoms with Gasteiger partial charge in [0.05, 0.1) is 32.0 Å². The molecule has 0 spiro atoms. The Morgan fingerprint density at radius 2 is 1.70 bits per heavy atom. The van der Waals surface area contributed by atoms with Crippen LogP contribution in [0.5, 0.6) is 28.7 Å². The lowest BCUT2D eigenvalue weighted by Crippen LogP contribution is -2.21. The summed E-state index contributed by atoms with van der Waals surface area (Å²) in [6, 6.07) is 11.8. The number of carbonyl (C=O) groups is 1. The maximum Gasteiger partial charge on any atom is 0.422 e. The summed E-state index contributed by atoms with van der Waals surface area (Å²) >= 11 is 0. The number of rotatable bonds is 9. The molecule has 2 heterocycles. The zero-order chi connectivity index (χ0) is 28.3. The number of nitrogens with one attached hydrogen (secondary N) is 1. The number of alkyl halides is 3. The lowest BCUT2D eigenvalue weighted by molar-refractivity contribution is -0.153. The Morgan fingerprint density at radius 3 is 2.38 bits per heavy atom. The Balaban J connectivity index is 1.32. The second-order valence-corrected chi connectivity index (χ2v) is 9.28. The van der Waals surface area contributed by atoms with E-state index >= 15 is 0 Å². The first kappa shape index (κ1) is 27.1. The van der Waals surface area contributed by atoms with Gasteiger partial charge in [-0.25, -0.2) is 0 Å². The first-order chi connectivity index (χ1) is 19.2. The number of aromatic nitrogens is 3. The zero-order valence-electron chi connectivity index (χ0n) is 21.8. The largest absolute Gasteiger partial charge is 0.493 e. The van der Waals surface area contributed by atoms with Gasteiger partial charge in [0.25, 0.3) is 5.91 Å². The van der Waals surface area contributed by atoms with Crippen LogP contribution in [-0.2, 0) is 0 Å². The zero-order valence-corrected chi connectivity index (χ0v) is 21.8. The van der Waals surface area contributed by atoms with Crippen LogP contribution in [0, 0.1) is 0 Å². The van der Waals surface area contributed by atoms with Gasteiger partial charge in [0.15, 0.2) is 29.5 Å².